The number of nitrogens with one attached hydrogen (secondary N) is 3. The van der Waals surface area contributed by atoms with Crippen molar-refractivity contribution in [3.8, 4) is 0 Å². The molecular weight excluding hydrogens is 298 g/mol. The zero-order valence-corrected chi connectivity index (χ0v) is 13.2. The third kappa shape index (κ3) is 5.21. The minimum atomic E-state index is -0.591. The SMILES string of the molecule is CC(NC(=O)Nc1ccccc1)C(=O)NCCc1cccs1. The summed E-state index contributed by atoms with van der Waals surface area (Å²) in [5, 5.41) is 10.1. The molecule has 1 unspecified atom stereocenters. The minimum Gasteiger partial charge on any atom is -0.354 e. The number of amides is 3. The van der Waals surface area contributed by atoms with Crippen LogP contribution in [-0.2, 0) is 11.2 Å². The number of anilines is 1. The molecular formula is C16H19N3O2S. The van der Waals surface area contributed by atoms with Crippen molar-refractivity contribution in [1.82, 2.24) is 10.6 Å². The van der Waals surface area contributed by atoms with E-state index in [-0.39, 0.29) is 5.91 Å². The summed E-state index contributed by atoms with van der Waals surface area (Å²) in [5.41, 5.74) is 0.685. The van der Waals surface area contributed by atoms with Gasteiger partial charge in [-0.1, -0.05) is 24.3 Å². The van der Waals surface area contributed by atoms with Crippen LogP contribution in [0, 0.1) is 0 Å². The molecule has 22 heavy (non-hydrogen) atoms. The number of benzene rings is 1. The summed E-state index contributed by atoms with van der Waals surface area (Å²) in [4.78, 5) is 24.9. The van der Waals surface area contributed by atoms with Crippen molar-refractivity contribution in [2.45, 2.75) is 19.4 Å². The maximum atomic E-state index is 11.9. The van der Waals surface area contributed by atoms with Gasteiger partial charge in [-0.3, -0.25) is 4.79 Å². The second kappa shape index (κ2) is 8.19. The summed E-state index contributed by atoms with van der Waals surface area (Å²) in [6, 6.07) is 12.1. The molecule has 1 aromatic heterocycles. The lowest BCUT2D eigenvalue weighted by molar-refractivity contribution is -0.122. The first-order valence-corrected chi connectivity index (χ1v) is 7.96. The Balaban J connectivity index is 1.70. The maximum absolute atomic E-state index is 11.9. The lowest BCUT2D eigenvalue weighted by Gasteiger charge is -2.14. The first kappa shape index (κ1) is 16.0. The fourth-order valence-electron chi connectivity index (χ4n) is 1.87. The van der Waals surface area contributed by atoms with Gasteiger partial charge in [-0.25, -0.2) is 4.79 Å². The highest BCUT2D eigenvalue weighted by molar-refractivity contribution is 7.09. The summed E-state index contributed by atoms with van der Waals surface area (Å²) >= 11 is 1.66. The molecule has 3 amide bonds. The Morgan fingerprint density at radius 1 is 1.14 bits per heavy atom. The number of rotatable bonds is 6. The molecule has 0 fully saturated rings. The predicted molar refractivity (Wildman–Crippen MR) is 89.1 cm³/mol. The number of thiophene rings is 1. The number of carbonyl (C=O) groups excluding carboxylic acids is 2. The topological polar surface area (TPSA) is 70.2 Å². The van der Waals surface area contributed by atoms with E-state index in [2.05, 4.69) is 16.0 Å². The monoisotopic (exact) mass is 317 g/mol. The van der Waals surface area contributed by atoms with E-state index in [1.165, 1.54) is 4.88 Å². The van der Waals surface area contributed by atoms with Gasteiger partial charge in [-0.05, 0) is 36.9 Å². The van der Waals surface area contributed by atoms with Crippen LogP contribution in [0.2, 0.25) is 0 Å². The molecule has 116 valence electrons. The van der Waals surface area contributed by atoms with Gasteiger partial charge < -0.3 is 16.0 Å². The smallest absolute Gasteiger partial charge is 0.319 e. The molecule has 3 N–H and O–H groups in total. The van der Waals surface area contributed by atoms with E-state index in [0.29, 0.717) is 12.2 Å². The van der Waals surface area contributed by atoms with Gasteiger partial charge in [0, 0.05) is 17.1 Å². The van der Waals surface area contributed by atoms with E-state index in [9.17, 15) is 9.59 Å². The Morgan fingerprint density at radius 3 is 2.59 bits per heavy atom. The molecule has 0 bridgehead atoms. The summed E-state index contributed by atoms with van der Waals surface area (Å²) < 4.78 is 0. The Morgan fingerprint density at radius 2 is 1.91 bits per heavy atom. The lowest BCUT2D eigenvalue weighted by Crippen LogP contribution is -2.46. The zero-order valence-electron chi connectivity index (χ0n) is 12.3. The number of para-hydroxylation sites is 1. The fraction of sp³-hybridized carbons (Fsp3) is 0.250. The molecule has 0 saturated heterocycles. The standard InChI is InChI=1S/C16H19N3O2S/c1-12(15(20)17-10-9-14-8-5-11-22-14)18-16(21)19-13-6-3-2-4-7-13/h2-8,11-12H,9-10H2,1H3,(H,17,20)(H2,18,19,21). The summed E-state index contributed by atoms with van der Waals surface area (Å²) in [6.45, 7) is 2.22. The third-order valence-corrected chi connectivity index (χ3v) is 3.96. The molecule has 0 aliphatic rings. The Labute approximate surface area is 133 Å². The molecule has 6 heteroatoms. The Bertz CT molecular complexity index is 599. The average molecular weight is 317 g/mol. The van der Waals surface area contributed by atoms with Crippen molar-refractivity contribution in [3.63, 3.8) is 0 Å². The van der Waals surface area contributed by atoms with Crippen LogP contribution in [0.5, 0.6) is 0 Å². The van der Waals surface area contributed by atoms with E-state index < -0.39 is 12.1 Å². The number of carbonyl (C=O) groups is 2. The number of hydrogen-bond acceptors (Lipinski definition) is 3. The summed E-state index contributed by atoms with van der Waals surface area (Å²) in [5.74, 6) is -0.195. The third-order valence-electron chi connectivity index (χ3n) is 3.02. The van der Waals surface area contributed by atoms with Gasteiger partial charge in [-0.15, -0.1) is 11.3 Å². The number of urea groups is 1. The first-order chi connectivity index (χ1) is 10.6. The van der Waals surface area contributed by atoms with Crippen molar-refractivity contribution < 1.29 is 9.59 Å². The van der Waals surface area contributed by atoms with E-state index in [1.807, 2.05) is 35.7 Å². The van der Waals surface area contributed by atoms with Crippen molar-refractivity contribution in [2.24, 2.45) is 0 Å². The molecule has 1 aromatic carbocycles. The molecule has 2 rings (SSSR count). The second-order valence-corrected chi connectivity index (χ2v) is 5.84. The largest absolute Gasteiger partial charge is 0.354 e. The molecule has 0 aliphatic carbocycles. The second-order valence-electron chi connectivity index (χ2n) is 4.81. The molecule has 0 spiro atoms. The van der Waals surface area contributed by atoms with E-state index >= 15 is 0 Å². The fourth-order valence-corrected chi connectivity index (χ4v) is 2.58. The van der Waals surface area contributed by atoms with Crippen molar-refractivity contribution in [1.29, 1.82) is 0 Å². The van der Waals surface area contributed by atoms with Crippen LogP contribution in [0.4, 0.5) is 10.5 Å². The highest BCUT2D eigenvalue weighted by Gasteiger charge is 2.14. The molecule has 0 radical (unpaired) electrons. The molecule has 0 aliphatic heterocycles. The first-order valence-electron chi connectivity index (χ1n) is 7.08. The van der Waals surface area contributed by atoms with Crippen LogP contribution in [0.3, 0.4) is 0 Å². The van der Waals surface area contributed by atoms with Crippen LogP contribution in [0.15, 0.2) is 47.8 Å². The van der Waals surface area contributed by atoms with Crippen LogP contribution in [0.25, 0.3) is 0 Å². The Hall–Kier alpha value is -2.34. The minimum absolute atomic E-state index is 0.195. The van der Waals surface area contributed by atoms with E-state index in [1.54, 1.807) is 30.4 Å². The van der Waals surface area contributed by atoms with Gasteiger partial charge in [0.15, 0.2) is 0 Å². The van der Waals surface area contributed by atoms with E-state index in [4.69, 9.17) is 0 Å². The average Bonchev–Trinajstić information content (AvgIpc) is 3.01. The van der Waals surface area contributed by atoms with Gasteiger partial charge in [0.2, 0.25) is 5.91 Å². The van der Waals surface area contributed by atoms with Gasteiger partial charge in [-0.2, -0.15) is 0 Å². The normalized spacial score (nSPS) is 11.5. The lowest BCUT2D eigenvalue weighted by atomic mass is 10.3. The predicted octanol–water partition coefficient (Wildman–Crippen LogP) is 2.62. The molecule has 2 aromatic rings. The van der Waals surface area contributed by atoms with Crippen LogP contribution in [0.1, 0.15) is 11.8 Å². The molecule has 1 heterocycles. The van der Waals surface area contributed by atoms with Crippen molar-refractivity contribution in [3.05, 3.63) is 52.7 Å². The number of hydrogen-bond donors (Lipinski definition) is 3. The van der Waals surface area contributed by atoms with Gasteiger partial charge in [0.1, 0.15) is 6.04 Å². The van der Waals surface area contributed by atoms with Crippen molar-refractivity contribution >= 4 is 29.0 Å². The van der Waals surface area contributed by atoms with E-state index in [0.717, 1.165) is 6.42 Å². The van der Waals surface area contributed by atoms with Gasteiger partial charge >= 0.3 is 6.03 Å². The molecule has 5 nitrogen and oxygen atoms in total. The van der Waals surface area contributed by atoms with Crippen molar-refractivity contribution in [2.75, 3.05) is 11.9 Å². The van der Waals surface area contributed by atoms with Crippen LogP contribution in [-0.4, -0.2) is 24.5 Å². The summed E-state index contributed by atoms with van der Waals surface area (Å²) in [6.07, 6.45) is 0.798. The van der Waals surface area contributed by atoms with Gasteiger partial charge in [0.25, 0.3) is 0 Å². The quantitative estimate of drug-likeness (QED) is 0.766. The molecule has 0 saturated carbocycles. The maximum Gasteiger partial charge on any atom is 0.319 e. The van der Waals surface area contributed by atoms with Gasteiger partial charge in [0.05, 0.1) is 0 Å². The zero-order chi connectivity index (χ0) is 15.8. The highest BCUT2D eigenvalue weighted by atomic mass is 32.1. The summed E-state index contributed by atoms with van der Waals surface area (Å²) in [7, 11) is 0. The van der Waals surface area contributed by atoms with Crippen LogP contribution < -0.4 is 16.0 Å². The molecule has 1 atom stereocenters. The highest BCUT2D eigenvalue weighted by Crippen LogP contribution is 2.08. The van der Waals surface area contributed by atoms with Crippen LogP contribution >= 0.6 is 11.3 Å². The Kier molecular flexibility index (Phi) is 5.97.